The van der Waals surface area contributed by atoms with Crippen molar-refractivity contribution in [1.82, 2.24) is 0 Å². The van der Waals surface area contributed by atoms with Crippen LogP contribution in [-0.2, 0) is 4.74 Å². The average Bonchev–Trinajstić information content (AvgIpc) is 3.10. The Kier molecular flexibility index (Phi) is 5.45. The van der Waals surface area contributed by atoms with Crippen LogP contribution >= 0.6 is 0 Å². The van der Waals surface area contributed by atoms with E-state index in [9.17, 15) is 0 Å². The SMILES string of the molecule is C#CCOc1cc(/C=C/c2ccc3c(c2)OCO3)cc(OCOC)c1. The fourth-order valence-electron chi connectivity index (χ4n) is 2.32. The van der Waals surface area contributed by atoms with Crippen LogP contribution in [0.25, 0.3) is 12.2 Å². The number of terminal acetylenes is 1. The molecule has 0 spiro atoms. The molecule has 0 bridgehead atoms. The minimum absolute atomic E-state index is 0.157. The number of hydrogen-bond acceptors (Lipinski definition) is 5. The smallest absolute Gasteiger partial charge is 0.231 e. The monoisotopic (exact) mass is 338 g/mol. The van der Waals surface area contributed by atoms with Gasteiger partial charge in [-0.3, -0.25) is 0 Å². The standard InChI is InChI=1S/C20H18O5/c1-3-8-22-17-9-16(10-18(12-17)23-13-21-2)5-4-15-6-7-19-20(11-15)25-14-24-19/h1,4-7,9-12H,8,13-14H2,2H3/b5-4+. The summed E-state index contributed by atoms with van der Waals surface area (Å²) in [6.07, 6.45) is 9.18. The van der Waals surface area contributed by atoms with Crippen molar-refractivity contribution < 1.29 is 23.7 Å². The topological polar surface area (TPSA) is 46.2 Å². The average molecular weight is 338 g/mol. The number of rotatable bonds is 7. The Hall–Kier alpha value is -3.10. The Morgan fingerprint density at radius 2 is 1.76 bits per heavy atom. The Labute approximate surface area is 146 Å². The zero-order valence-corrected chi connectivity index (χ0v) is 13.9. The summed E-state index contributed by atoms with van der Waals surface area (Å²) in [6, 6.07) is 11.3. The summed E-state index contributed by atoms with van der Waals surface area (Å²) in [5.41, 5.74) is 1.91. The summed E-state index contributed by atoms with van der Waals surface area (Å²) in [5, 5.41) is 0. The van der Waals surface area contributed by atoms with Gasteiger partial charge in [0.05, 0.1) is 0 Å². The summed E-state index contributed by atoms with van der Waals surface area (Å²) in [7, 11) is 1.57. The van der Waals surface area contributed by atoms with Crippen molar-refractivity contribution in [2.75, 3.05) is 27.3 Å². The minimum atomic E-state index is 0.157. The van der Waals surface area contributed by atoms with E-state index in [0.717, 1.165) is 22.6 Å². The predicted octanol–water partition coefficient (Wildman–Crippen LogP) is 3.58. The lowest BCUT2D eigenvalue weighted by molar-refractivity contribution is 0.0509. The van der Waals surface area contributed by atoms with Gasteiger partial charge in [0.1, 0.15) is 18.1 Å². The third-order valence-corrected chi connectivity index (χ3v) is 3.43. The lowest BCUT2D eigenvalue weighted by atomic mass is 10.1. The van der Waals surface area contributed by atoms with E-state index in [1.807, 2.05) is 42.5 Å². The van der Waals surface area contributed by atoms with Gasteiger partial charge in [-0.15, -0.1) is 6.42 Å². The van der Waals surface area contributed by atoms with Crippen LogP contribution in [-0.4, -0.2) is 27.3 Å². The van der Waals surface area contributed by atoms with Crippen molar-refractivity contribution in [1.29, 1.82) is 0 Å². The number of benzene rings is 2. The van der Waals surface area contributed by atoms with E-state index < -0.39 is 0 Å². The molecule has 1 aliphatic heterocycles. The fraction of sp³-hybridized carbons (Fsp3) is 0.200. The van der Waals surface area contributed by atoms with Crippen LogP contribution in [0.15, 0.2) is 36.4 Å². The van der Waals surface area contributed by atoms with Gasteiger partial charge in [-0.2, -0.15) is 0 Å². The van der Waals surface area contributed by atoms with Gasteiger partial charge in [-0.1, -0.05) is 24.1 Å². The fourth-order valence-corrected chi connectivity index (χ4v) is 2.32. The van der Waals surface area contributed by atoms with Gasteiger partial charge in [0.15, 0.2) is 18.3 Å². The highest BCUT2D eigenvalue weighted by Gasteiger charge is 2.12. The largest absolute Gasteiger partial charge is 0.481 e. The molecule has 0 saturated carbocycles. The van der Waals surface area contributed by atoms with Crippen LogP contribution in [0.1, 0.15) is 11.1 Å². The first-order valence-electron chi connectivity index (χ1n) is 7.69. The first-order valence-corrected chi connectivity index (χ1v) is 7.69. The molecule has 2 aromatic carbocycles. The molecule has 0 radical (unpaired) electrons. The van der Waals surface area contributed by atoms with E-state index in [0.29, 0.717) is 11.5 Å². The van der Waals surface area contributed by atoms with Crippen LogP contribution in [0.3, 0.4) is 0 Å². The first-order chi connectivity index (χ1) is 12.3. The normalized spacial score (nSPS) is 12.2. The second kappa shape index (κ2) is 8.13. The van der Waals surface area contributed by atoms with Crippen molar-refractivity contribution in [3.05, 3.63) is 47.5 Å². The molecule has 0 fully saturated rings. The maximum atomic E-state index is 5.50. The highest BCUT2D eigenvalue weighted by Crippen LogP contribution is 2.33. The van der Waals surface area contributed by atoms with Gasteiger partial charge in [-0.05, 0) is 35.4 Å². The van der Waals surface area contributed by atoms with Crippen LogP contribution in [0.2, 0.25) is 0 Å². The molecule has 1 aliphatic rings. The van der Waals surface area contributed by atoms with Gasteiger partial charge in [0.2, 0.25) is 6.79 Å². The van der Waals surface area contributed by atoms with E-state index in [1.165, 1.54) is 0 Å². The van der Waals surface area contributed by atoms with E-state index >= 15 is 0 Å². The molecule has 3 rings (SSSR count). The number of ether oxygens (including phenoxy) is 5. The maximum absolute atomic E-state index is 5.50. The lowest BCUT2D eigenvalue weighted by Gasteiger charge is -2.09. The molecule has 0 amide bonds. The summed E-state index contributed by atoms with van der Waals surface area (Å²) in [5.74, 6) is 5.23. The van der Waals surface area contributed by atoms with E-state index in [-0.39, 0.29) is 20.2 Å². The number of methoxy groups -OCH3 is 1. The molecule has 0 aromatic heterocycles. The summed E-state index contributed by atoms with van der Waals surface area (Å²) < 4.78 is 26.7. The molecule has 0 N–H and O–H groups in total. The lowest BCUT2D eigenvalue weighted by Crippen LogP contribution is -2.00. The van der Waals surface area contributed by atoms with E-state index in [1.54, 1.807) is 13.2 Å². The molecule has 0 saturated heterocycles. The summed E-state index contributed by atoms with van der Waals surface area (Å²) >= 11 is 0. The molecule has 0 aliphatic carbocycles. The Balaban J connectivity index is 1.80. The van der Waals surface area contributed by atoms with Gasteiger partial charge in [0, 0.05) is 13.2 Å². The van der Waals surface area contributed by atoms with Crippen LogP contribution < -0.4 is 18.9 Å². The second-order valence-electron chi connectivity index (χ2n) is 5.23. The molecule has 0 unspecified atom stereocenters. The molecule has 5 nitrogen and oxygen atoms in total. The zero-order chi connectivity index (χ0) is 17.5. The molecule has 1 heterocycles. The zero-order valence-electron chi connectivity index (χ0n) is 13.9. The third kappa shape index (κ3) is 4.46. The van der Waals surface area contributed by atoms with Crippen molar-refractivity contribution >= 4 is 12.2 Å². The molecular weight excluding hydrogens is 320 g/mol. The second-order valence-corrected chi connectivity index (χ2v) is 5.23. The summed E-state index contributed by atoms with van der Waals surface area (Å²) in [4.78, 5) is 0. The maximum Gasteiger partial charge on any atom is 0.231 e. The Bertz CT molecular complexity index is 804. The van der Waals surface area contributed by atoms with E-state index in [4.69, 9.17) is 30.1 Å². The predicted molar refractivity (Wildman–Crippen MR) is 94.8 cm³/mol. The summed E-state index contributed by atoms with van der Waals surface area (Å²) in [6.45, 7) is 0.611. The first kappa shape index (κ1) is 16.7. The van der Waals surface area contributed by atoms with Gasteiger partial charge in [0.25, 0.3) is 0 Å². The van der Waals surface area contributed by atoms with Crippen molar-refractivity contribution in [3.63, 3.8) is 0 Å². The highest BCUT2D eigenvalue weighted by molar-refractivity contribution is 5.72. The van der Waals surface area contributed by atoms with Crippen LogP contribution in [0.5, 0.6) is 23.0 Å². The quantitative estimate of drug-likeness (QED) is 0.439. The van der Waals surface area contributed by atoms with E-state index in [2.05, 4.69) is 5.92 Å². The molecule has 25 heavy (non-hydrogen) atoms. The number of fused-ring (bicyclic) bond motifs is 1. The number of hydrogen-bond donors (Lipinski definition) is 0. The Morgan fingerprint density at radius 1 is 1.00 bits per heavy atom. The third-order valence-electron chi connectivity index (χ3n) is 3.43. The highest BCUT2D eigenvalue weighted by atomic mass is 16.7. The van der Waals surface area contributed by atoms with Crippen molar-refractivity contribution in [2.24, 2.45) is 0 Å². The van der Waals surface area contributed by atoms with Crippen molar-refractivity contribution in [2.45, 2.75) is 0 Å². The molecule has 0 atom stereocenters. The van der Waals surface area contributed by atoms with Crippen molar-refractivity contribution in [3.8, 4) is 35.3 Å². The Morgan fingerprint density at radius 3 is 2.56 bits per heavy atom. The van der Waals surface area contributed by atoms with Gasteiger partial charge in [-0.25, -0.2) is 0 Å². The van der Waals surface area contributed by atoms with Gasteiger partial charge >= 0.3 is 0 Å². The molecule has 2 aromatic rings. The molecule has 128 valence electrons. The van der Waals surface area contributed by atoms with Crippen LogP contribution in [0, 0.1) is 12.3 Å². The van der Waals surface area contributed by atoms with Crippen LogP contribution in [0.4, 0.5) is 0 Å². The molecule has 5 heteroatoms. The molecular formula is C20H18O5. The minimum Gasteiger partial charge on any atom is -0.481 e. The van der Waals surface area contributed by atoms with Gasteiger partial charge < -0.3 is 23.7 Å².